The lowest BCUT2D eigenvalue weighted by Gasteiger charge is -2.55. The summed E-state index contributed by atoms with van der Waals surface area (Å²) in [6, 6.07) is 43.3. The van der Waals surface area contributed by atoms with Crippen LogP contribution in [0.15, 0.2) is 157 Å². The summed E-state index contributed by atoms with van der Waals surface area (Å²) in [4.78, 5) is 60.8. The van der Waals surface area contributed by atoms with Gasteiger partial charge in [-0.2, -0.15) is 0 Å². The third-order valence-corrected chi connectivity index (χ3v) is 12.1. The Morgan fingerprint density at radius 1 is 0.714 bits per heavy atom. The summed E-state index contributed by atoms with van der Waals surface area (Å²) in [6.07, 6.45) is 4.17. The highest BCUT2D eigenvalue weighted by Gasteiger charge is 2.66. The van der Waals surface area contributed by atoms with Crippen LogP contribution in [0.3, 0.4) is 0 Å². The summed E-state index contributed by atoms with van der Waals surface area (Å²) in [5, 5.41) is 12.7. The van der Waals surface area contributed by atoms with Gasteiger partial charge in [-0.1, -0.05) is 103 Å². The molecule has 9 rings (SSSR count). The van der Waals surface area contributed by atoms with Crippen LogP contribution in [0.25, 0.3) is 5.57 Å². The van der Waals surface area contributed by atoms with Gasteiger partial charge in [0.05, 0.1) is 29.5 Å². The van der Waals surface area contributed by atoms with E-state index < -0.39 is 35.0 Å². The first kappa shape index (κ1) is 35.3. The largest absolute Gasteiger partial charge is 0.491 e. The van der Waals surface area contributed by atoms with Crippen molar-refractivity contribution in [2.24, 2.45) is 23.7 Å². The topological polar surface area (TPSA) is 113 Å². The Hall–Kier alpha value is -6.38. The normalized spacial score (nSPS) is 25.4. The van der Waals surface area contributed by atoms with Crippen molar-refractivity contribution in [3.05, 3.63) is 174 Å². The number of benzene rings is 5. The summed E-state index contributed by atoms with van der Waals surface area (Å²) in [5.74, 6) is -3.52. The van der Waals surface area contributed by atoms with Gasteiger partial charge in [0, 0.05) is 28.8 Å². The molecule has 0 spiro atoms. The van der Waals surface area contributed by atoms with Crippen LogP contribution in [0.1, 0.15) is 35.4 Å². The number of ketones is 2. The van der Waals surface area contributed by atoms with Gasteiger partial charge in [0.2, 0.25) is 11.8 Å². The number of hydrogen-bond donors (Lipinski definition) is 2. The Kier molecular flexibility index (Phi) is 9.06. The second kappa shape index (κ2) is 14.4. The fraction of sp³-hybridized carbons (Fsp3) is 0.208. The molecule has 1 aliphatic heterocycles. The SMILES string of the molecule is O=C1C(c2ccccc2)=CC(=O)[C@@]2(c3ccccc3)[C@@H](c3ccc(OCCO)cc3)C3=CC[C@@H]4C(=O)N(c5ccc(Nc6ccccc6)cc5)C(=O)[C@@H]4[C@@H]3C[C@@H]12. The van der Waals surface area contributed by atoms with Gasteiger partial charge in [-0.05, 0) is 90.1 Å². The van der Waals surface area contributed by atoms with Crippen LogP contribution in [0, 0.1) is 23.7 Å². The molecule has 8 nitrogen and oxygen atoms in total. The van der Waals surface area contributed by atoms with E-state index in [4.69, 9.17) is 4.74 Å². The molecule has 0 radical (unpaired) electrons. The van der Waals surface area contributed by atoms with Crippen LogP contribution < -0.4 is 15.0 Å². The number of aliphatic hydroxyl groups excluding tert-OH is 1. The molecule has 6 atom stereocenters. The number of para-hydroxylation sites is 1. The lowest BCUT2D eigenvalue weighted by atomic mass is 9.44. The molecule has 1 heterocycles. The van der Waals surface area contributed by atoms with Crippen molar-refractivity contribution in [3.63, 3.8) is 0 Å². The zero-order valence-corrected chi connectivity index (χ0v) is 30.6. The maximum Gasteiger partial charge on any atom is 0.238 e. The summed E-state index contributed by atoms with van der Waals surface area (Å²) in [7, 11) is 0. The number of nitrogens with zero attached hydrogens (tertiary/aromatic N) is 1. The zero-order chi connectivity index (χ0) is 38.4. The van der Waals surface area contributed by atoms with Gasteiger partial charge in [0.25, 0.3) is 0 Å². The number of carbonyl (C=O) groups is 4. The van der Waals surface area contributed by atoms with Gasteiger partial charge < -0.3 is 15.2 Å². The van der Waals surface area contributed by atoms with Crippen LogP contribution >= 0.6 is 0 Å². The zero-order valence-electron chi connectivity index (χ0n) is 30.6. The number of fused-ring (bicyclic) bond motifs is 4. The highest BCUT2D eigenvalue weighted by Crippen LogP contribution is 2.63. The molecule has 2 fully saturated rings. The van der Waals surface area contributed by atoms with Gasteiger partial charge in [-0.15, -0.1) is 0 Å². The lowest BCUT2D eigenvalue weighted by Crippen LogP contribution is -2.58. The van der Waals surface area contributed by atoms with Crippen LogP contribution in [0.4, 0.5) is 17.1 Å². The van der Waals surface area contributed by atoms with Crippen molar-refractivity contribution in [1.82, 2.24) is 0 Å². The molecule has 278 valence electrons. The first-order valence-corrected chi connectivity index (χ1v) is 19.1. The van der Waals surface area contributed by atoms with Crippen molar-refractivity contribution in [3.8, 4) is 5.75 Å². The molecule has 2 amide bonds. The highest BCUT2D eigenvalue weighted by molar-refractivity contribution is 6.32. The van der Waals surface area contributed by atoms with E-state index in [1.807, 2.05) is 127 Å². The fourth-order valence-electron chi connectivity index (χ4n) is 9.81. The Balaban J connectivity index is 1.16. The van der Waals surface area contributed by atoms with Gasteiger partial charge in [0.15, 0.2) is 11.6 Å². The number of anilines is 3. The predicted octanol–water partition coefficient (Wildman–Crippen LogP) is 7.83. The van der Waals surface area contributed by atoms with Crippen LogP contribution in [0.5, 0.6) is 5.75 Å². The number of Topliss-reactive ketones (excluding diaryl/α,β-unsaturated/α-hetero) is 1. The first-order chi connectivity index (χ1) is 27.4. The number of imide groups is 1. The molecule has 4 aliphatic rings. The number of amides is 2. The van der Waals surface area contributed by atoms with E-state index in [1.54, 1.807) is 12.1 Å². The molecule has 8 heteroatoms. The van der Waals surface area contributed by atoms with Crippen molar-refractivity contribution >= 4 is 46.0 Å². The number of ether oxygens (including phenoxy) is 1. The molecule has 0 unspecified atom stereocenters. The number of aliphatic hydroxyl groups is 1. The van der Waals surface area contributed by atoms with E-state index in [0.717, 1.165) is 28.1 Å². The van der Waals surface area contributed by atoms with Crippen molar-refractivity contribution in [1.29, 1.82) is 0 Å². The van der Waals surface area contributed by atoms with E-state index >= 15 is 9.59 Å². The molecule has 1 saturated heterocycles. The highest BCUT2D eigenvalue weighted by atomic mass is 16.5. The Morgan fingerprint density at radius 2 is 1.36 bits per heavy atom. The molecule has 2 N–H and O–H groups in total. The molecule has 3 aliphatic carbocycles. The molecule has 0 bridgehead atoms. The quantitative estimate of drug-likeness (QED) is 0.117. The average molecular weight is 741 g/mol. The minimum atomic E-state index is -1.31. The van der Waals surface area contributed by atoms with E-state index in [9.17, 15) is 14.7 Å². The Morgan fingerprint density at radius 3 is 2.04 bits per heavy atom. The number of carbonyl (C=O) groups excluding carboxylic acids is 4. The smallest absolute Gasteiger partial charge is 0.238 e. The number of hydrogen-bond acceptors (Lipinski definition) is 7. The Labute approximate surface area is 325 Å². The predicted molar refractivity (Wildman–Crippen MR) is 214 cm³/mol. The molecular weight excluding hydrogens is 701 g/mol. The molecule has 1 saturated carbocycles. The van der Waals surface area contributed by atoms with Crippen molar-refractivity contribution in [2.45, 2.75) is 24.2 Å². The molecule has 5 aromatic carbocycles. The monoisotopic (exact) mass is 740 g/mol. The van der Waals surface area contributed by atoms with Crippen LogP contribution in [-0.4, -0.2) is 41.7 Å². The fourth-order valence-corrected chi connectivity index (χ4v) is 9.81. The van der Waals surface area contributed by atoms with Crippen molar-refractivity contribution < 1.29 is 29.0 Å². The second-order valence-corrected chi connectivity index (χ2v) is 15.0. The Bertz CT molecular complexity index is 2370. The lowest BCUT2D eigenvalue weighted by molar-refractivity contribution is -0.135. The van der Waals surface area contributed by atoms with E-state index in [-0.39, 0.29) is 43.0 Å². The van der Waals surface area contributed by atoms with Crippen LogP contribution in [-0.2, 0) is 24.6 Å². The molecule has 5 aromatic rings. The maximum atomic E-state index is 15.2. The van der Waals surface area contributed by atoms with Gasteiger partial charge in [-0.3, -0.25) is 24.1 Å². The number of rotatable bonds is 9. The average Bonchev–Trinajstić information content (AvgIpc) is 3.50. The maximum absolute atomic E-state index is 15.2. The summed E-state index contributed by atoms with van der Waals surface area (Å²) >= 11 is 0. The third kappa shape index (κ3) is 5.71. The van der Waals surface area contributed by atoms with Gasteiger partial charge in [0.1, 0.15) is 12.4 Å². The minimum Gasteiger partial charge on any atom is -0.491 e. The summed E-state index contributed by atoms with van der Waals surface area (Å²) < 4.78 is 5.71. The molecule has 56 heavy (non-hydrogen) atoms. The van der Waals surface area contributed by atoms with E-state index in [0.29, 0.717) is 29.0 Å². The molecule has 0 aromatic heterocycles. The first-order valence-electron chi connectivity index (χ1n) is 19.1. The summed E-state index contributed by atoms with van der Waals surface area (Å²) in [6.45, 7) is -0.000469. The number of allylic oxidation sites excluding steroid dienone is 4. The van der Waals surface area contributed by atoms with Crippen molar-refractivity contribution in [2.75, 3.05) is 23.4 Å². The van der Waals surface area contributed by atoms with Gasteiger partial charge >= 0.3 is 0 Å². The van der Waals surface area contributed by atoms with E-state index in [2.05, 4.69) is 11.4 Å². The van der Waals surface area contributed by atoms with E-state index in [1.165, 1.54) is 11.0 Å². The standard InChI is InChI=1S/C48H40N2O6/c51-26-27-56-36-22-16-31(17-23-36)44-37-24-25-38-43(47(55)50(46(38)54)35-20-18-34(19-21-35)49-33-14-8-3-9-15-33)40(37)28-41-45(53)39(30-10-4-1-5-11-30)29-42(52)48(41,44)32-12-6-2-7-13-32/h1-24,29,38,40-41,43-44,49,51H,25-28H2/t38-,40+,41-,43-,44-,48-/m0/s1. The van der Waals surface area contributed by atoms with Crippen LogP contribution in [0.2, 0.25) is 0 Å². The summed E-state index contributed by atoms with van der Waals surface area (Å²) in [5.41, 5.74) is 4.39. The third-order valence-electron chi connectivity index (χ3n) is 12.1. The minimum absolute atomic E-state index is 0.133. The second-order valence-electron chi connectivity index (χ2n) is 15.0. The van der Waals surface area contributed by atoms with Gasteiger partial charge in [-0.25, -0.2) is 0 Å². The molecular formula is C48H40N2O6. The number of nitrogens with one attached hydrogen (secondary N) is 1.